The molecule has 0 bridgehead atoms. The van der Waals surface area contributed by atoms with Crippen LogP contribution in [-0.4, -0.2) is 71.4 Å². The van der Waals surface area contributed by atoms with Crippen molar-refractivity contribution in [1.29, 1.82) is 0 Å². The Balaban J connectivity index is 1.59. The van der Waals surface area contributed by atoms with E-state index in [1.54, 1.807) is 39.2 Å². The van der Waals surface area contributed by atoms with Crippen molar-refractivity contribution in [3.05, 3.63) is 106 Å². The number of esters is 1. The first-order valence-corrected chi connectivity index (χ1v) is 23.2. The minimum absolute atomic E-state index is 0.0738. The average Bonchev–Trinajstić information content (AvgIpc) is 3.25. The molecule has 3 aromatic rings. The van der Waals surface area contributed by atoms with E-state index in [0.29, 0.717) is 16.5 Å². The van der Waals surface area contributed by atoms with Gasteiger partial charge in [0.05, 0.1) is 0 Å². The molecule has 1 unspecified atom stereocenters. The minimum atomic E-state index is -5.19. The predicted octanol–water partition coefficient (Wildman–Crippen LogP) is 11.9. The minimum Gasteiger partial charge on any atom is -0.444 e. The van der Waals surface area contributed by atoms with E-state index in [-0.39, 0.29) is 12.8 Å². The molecule has 0 saturated heterocycles. The summed E-state index contributed by atoms with van der Waals surface area (Å²) >= 11 is 7.00. The lowest BCUT2D eigenvalue weighted by molar-refractivity contribution is -0.176. The number of hydrogen-bond donors (Lipinski definition) is 1. The van der Waals surface area contributed by atoms with Gasteiger partial charge in [-0.1, -0.05) is 169 Å². The second-order valence-electron chi connectivity index (χ2n) is 18.3. The fourth-order valence-electron chi connectivity index (χ4n) is 8.95. The molecule has 1 aliphatic carbocycles. The van der Waals surface area contributed by atoms with Gasteiger partial charge in [0.15, 0.2) is 5.60 Å². The SMILES string of the molecule is CC(C)[C@@H](C(=O)N(C)[C@H](C)CCC(=O)OC(c1ccccc1)(c1ccc(C2CCCCCCCCCCCCC2)cc1)c1ccccc1Cl)N(C)C(=O)C(C)(C)NC(=O)C(F)(F)F. The number of hydrogen-bond acceptors (Lipinski definition) is 5. The maximum Gasteiger partial charge on any atom is 0.471 e. The quantitative estimate of drug-likeness (QED) is 0.128. The van der Waals surface area contributed by atoms with Crippen molar-refractivity contribution in [3.63, 3.8) is 0 Å². The molecule has 346 valence electrons. The van der Waals surface area contributed by atoms with Crippen LogP contribution in [0.4, 0.5) is 13.2 Å². The van der Waals surface area contributed by atoms with Gasteiger partial charge in [-0.3, -0.25) is 19.2 Å². The molecular formula is C51H69ClF3N3O5. The Labute approximate surface area is 378 Å². The summed E-state index contributed by atoms with van der Waals surface area (Å²) in [6.07, 6.45) is 11.3. The molecule has 0 radical (unpaired) electrons. The maximum absolute atomic E-state index is 14.3. The number of ether oxygens (including phenoxy) is 1. The van der Waals surface area contributed by atoms with E-state index >= 15 is 0 Å². The van der Waals surface area contributed by atoms with E-state index in [0.717, 1.165) is 42.7 Å². The standard InChI is InChI=1S/C51H69ClF3N3O5/c1-36(2)45(58(7)48(62)49(4,5)56-47(61)51(53,54)55)46(60)57(6)37(3)30-35-44(59)63-50(40-26-20-17-21-27-40,42-28-22-23-29-43(42)52)41-33-31-39(32-34-41)38-24-18-15-13-11-9-8-10-12-14-16-19-25-38/h17,20-23,26-29,31-34,36-38,45H,8-16,18-19,24-25,30,35H2,1-7H3,(H,56,61)/t37-,45+,50?/m1/s1. The number of carbonyl (C=O) groups excluding carboxylic acids is 4. The van der Waals surface area contributed by atoms with E-state index in [4.69, 9.17) is 16.3 Å². The Hall–Kier alpha value is -4.38. The first-order chi connectivity index (χ1) is 29.8. The lowest BCUT2D eigenvalue weighted by Crippen LogP contribution is -2.62. The summed E-state index contributed by atoms with van der Waals surface area (Å²) in [5.74, 6) is -4.12. The monoisotopic (exact) mass is 895 g/mol. The zero-order valence-corrected chi connectivity index (χ0v) is 39.1. The molecule has 0 aliphatic heterocycles. The van der Waals surface area contributed by atoms with Crippen molar-refractivity contribution in [2.75, 3.05) is 14.1 Å². The number of halogens is 4. The van der Waals surface area contributed by atoms with Crippen LogP contribution in [0, 0.1) is 5.92 Å². The van der Waals surface area contributed by atoms with Crippen LogP contribution in [0.2, 0.25) is 5.02 Å². The van der Waals surface area contributed by atoms with Crippen LogP contribution in [0.1, 0.15) is 159 Å². The van der Waals surface area contributed by atoms with Gasteiger partial charge in [-0.15, -0.1) is 0 Å². The zero-order chi connectivity index (χ0) is 46.4. The summed E-state index contributed by atoms with van der Waals surface area (Å²) < 4.78 is 45.9. The second-order valence-corrected chi connectivity index (χ2v) is 18.7. The van der Waals surface area contributed by atoms with Gasteiger partial charge in [-0.05, 0) is 63.5 Å². The summed E-state index contributed by atoms with van der Waals surface area (Å²) in [5.41, 5.74) is -0.00694. The van der Waals surface area contributed by atoms with Gasteiger partial charge < -0.3 is 19.9 Å². The maximum atomic E-state index is 14.3. The van der Waals surface area contributed by atoms with E-state index < -0.39 is 59.0 Å². The highest BCUT2D eigenvalue weighted by Gasteiger charge is 2.46. The van der Waals surface area contributed by atoms with Gasteiger partial charge in [0.25, 0.3) is 0 Å². The Kier molecular flexibility index (Phi) is 19.1. The number of alkyl halides is 3. The van der Waals surface area contributed by atoms with E-state index in [9.17, 15) is 32.3 Å². The number of benzene rings is 3. The molecule has 0 aromatic heterocycles. The molecule has 8 nitrogen and oxygen atoms in total. The summed E-state index contributed by atoms with van der Waals surface area (Å²) in [4.78, 5) is 56.1. The van der Waals surface area contributed by atoms with Crippen LogP contribution in [0.25, 0.3) is 0 Å². The number of likely N-dealkylation sites (N-methyl/N-ethyl adjacent to an activating group) is 2. The molecule has 1 saturated carbocycles. The molecule has 0 spiro atoms. The van der Waals surface area contributed by atoms with Gasteiger partial charge in [0.1, 0.15) is 11.6 Å². The molecule has 1 fully saturated rings. The number of rotatable bonds is 14. The molecule has 1 N–H and O–H groups in total. The van der Waals surface area contributed by atoms with E-state index in [1.165, 1.54) is 88.1 Å². The molecular weight excluding hydrogens is 827 g/mol. The van der Waals surface area contributed by atoms with Crippen molar-refractivity contribution in [3.8, 4) is 0 Å². The highest BCUT2D eigenvalue weighted by Crippen LogP contribution is 2.44. The number of amides is 3. The lowest BCUT2D eigenvalue weighted by Gasteiger charge is -2.39. The molecule has 1 aliphatic rings. The zero-order valence-electron chi connectivity index (χ0n) is 38.4. The van der Waals surface area contributed by atoms with Crippen molar-refractivity contribution in [1.82, 2.24) is 15.1 Å². The van der Waals surface area contributed by atoms with Crippen LogP contribution < -0.4 is 5.32 Å². The van der Waals surface area contributed by atoms with Crippen LogP contribution in [0.3, 0.4) is 0 Å². The van der Waals surface area contributed by atoms with Crippen molar-refractivity contribution >= 4 is 35.3 Å². The molecule has 63 heavy (non-hydrogen) atoms. The van der Waals surface area contributed by atoms with E-state index in [1.807, 2.05) is 48.5 Å². The molecule has 3 atom stereocenters. The Morgan fingerprint density at radius 1 is 0.714 bits per heavy atom. The van der Waals surface area contributed by atoms with Crippen LogP contribution in [0.5, 0.6) is 0 Å². The summed E-state index contributed by atoms with van der Waals surface area (Å²) in [7, 11) is 2.89. The summed E-state index contributed by atoms with van der Waals surface area (Å²) in [6, 6.07) is 23.9. The van der Waals surface area contributed by atoms with Gasteiger partial charge in [0, 0.05) is 48.3 Å². The van der Waals surface area contributed by atoms with Gasteiger partial charge in [-0.25, -0.2) is 0 Å². The Bertz CT molecular complexity index is 1930. The third kappa shape index (κ3) is 13.8. The summed E-state index contributed by atoms with van der Waals surface area (Å²) in [5, 5.41) is 2.18. The van der Waals surface area contributed by atoms with Crippen molar-refractivity contribution in [2.24, 2.45) is 5.92 Å². The topological polar surface area (TPSA) is 96.0 Å². The fraction of sp³-hybridized carbons (Fsp3) is 0.569. The van der Waals surface area contributed by atoms with Crippen LogP contribution in [-0.2, 0) is 29.5 Å². The Morgan fingerprint density at radius 3 is 1.71 bits per heavy atom. The van der Waals surface area contributed by atoms with Crippen molar-refractivity contribution in [2.45, 2.75) is 166 Å². The highest BCUT2D eigenvalue weighted by atomic mass is 35.5. The third-order valence-electron chi connectivity index (χ3n) is 12.7. The van der Waals surface area contributed by atoms with Crippen LogP contribution in [0.15, 0.2) is 78.9 Å². The molecule has 12 heteroatoms. The normalized spacial score (nSPS) is 17.1. The largest absolute Gasteiger partial charge is 0.471 e. The van der Waals surface area contributed by atoms with Crippen molar-refractivity contribution < 1.29 is 37.1 Å². The smallest absolute Gasteiger partial charge is 0.444 e. The fourth-order valence-corrected chi connectivity index (χ4v) is 9.22. The second kappa shape index (κ2) is 23.5. The predicted molar refractivity (Wildman–Crippen MR) is 244 cm³/mol. The van der Waals surface area contributed by atoms with E-state index in [2.05, 4.69) is 24.3 Å². The number of carbonyl (C=O) groups is 4. The first kappa shape index (κ1) is 51.3. The van der Waals surface area contributed by atoms with Gasteiger partial charge in [0.2, 0.25) is 11.8 Å². The number of nitrogens with zero attached hydrogens (tertiary/aromatic N) is 2. The average molecular weight is 897 g/mol. The molecule has 3 amide bonds. The van der Waals surface area contributed by atoms with Gasteiger partial charge >= 0.3 is 18.1 Å². The highest BCUT2D eigenvalue weighted by molar-refractivity contribution is 6.31. The third-order valence-corrected chi connectivity index (χ3v) is 13.0. The summed E-state index contributed by atoms with van der Waals surface area (Å²) in [6.45, 7) is 7.54. The van der Waals surface area contributed by atoms with Crippen LogP contribution >= 0.6 is 11.6 Å². The molecule has 4 rings (SSSR count). The number of nitrogens with one attached hydrogen (secondary N) is 1. The lowest BCUT2D eigenvalue weighted by atomic mass is 9.78. The van der Waals surface area contributed by atoms with Gasteiger partial charge in [-0.2, -0.15) is 13.2 Å². The molecule has 0 heterocycles. The first-order valence-electron chi connectivity index (χ1n) is 22.9. The Morgan fingerprint density at radius 2 is 1.21 bits per heavy atom. The molecule has 3 aromatic carbocycles.